The van der Waals surface area contributed by atoms with Crippen LogP contribution in [0.5, 0.6) is 5.75 Å². The average molecular weight is 689 g/mol. The molecule has 1 saturated heterocycles. The second-order valence-corrected chi connectivity index (χ2v) is 15.1. The van der Waals surface area contributed by atoms with Gasteiger partial charge in [0.25, 0.3) is 5.91 Å². The van der Waals surface area contributed by atoms with Gasteiger partial charge in [0.2, 0.25) is 11.8 Å². The lowest BCUT2D eigenvalue weighted by Crippen LogP contribution is -2.42. The largest absolute Gasteiger partial charge is 0.469 e. The number of likely N-dealkylation sites (tertiary alicyclic amines) is 1. The Labute approximate surface area is 297 Å². The lowest BCUT2D eigenvalue weighted by molar-refractivity contribution is -0.135. The highest BCUT2D eigenvalue weighted by molar-refractivity contribution is 5.95. The number of oxazole rings is 1. The summed E-state index contributed by atoms with van der Waals surface area (Å²) in [6.45, 7) is 8.06. The molecule has 2 amide bonds. The van der Waals surface area contributed by atoms with Crippen LogP contribution in [0.15, 0.2) is 77.2 Å². The first kappa shape index (κ1) is 33.2. The number of anilines is 1. The van der Waals surface area contributed by atoms with Gasteiger partial charge in [0.1, 0.15) is 23.3 Å². The maximum absolute atomic E-state index is 15.0. The first-order valence-electron chi connectivity index (χ1n) is 18.1. The predicted molar refractivity (Wildman–Crippen MR) is 190 cm³/mol. The van der Waals surface area contributed by atoms with Crippen LogP contribution in [0.25, 0.3) is 0 Å². The first-order valence-corrected chi connectivity index (χ1v) is 18.1. The van der Waals surface area contributed by atoms with E-state index in [0.717, 1.165) is 40.8 Å². The molecule has 264 valence electrons. The molecule has 51 heavy (non-hydrogen) atoms. The summed E-state index contributed by atoms with van der Waals surface area (Å²) in [5.41, 5.74) is 3.58. The van der Waals surface area contributed by atoms with Crippen LogP contribution in [0.1, 0.15) is 103 Å². The van der Waals surface area contributed by atoms with Crippen molar-refractivity contribution < 1.29 is 28.6 Å². The number of fused-ring (bicyclic) bond motifs is 4. The summed E-state index contributed by atoms with van der Waals surface area (Å²) in [6.07, 6.45) is 0.0182. The highest BCUT2D eigenvalue weighted by Crippen LogP contribution is 2.58. The predicted octanol–water partition coefficient (Wildman–Crippen LogP) is 6.09. The molecule has 4 aliphatic rings. The molecule has 1 aromatic heterocycles. The molecular weight excluding hydrogens is 644 g/mol. The minimum Gasteiger partial charge on any atom is -0.469 e. The third kappa shape index (κ3) is 5.34. The van der Waals surface area contributed by atoms with Gasteiger partial charge in [-0.15, -0.1) is 0 Å². The zero-order chi connectivity index (χ0) is 35.6. The van der Waals surface area contributed by atoms with Gasteiger partial charge in [-0.1, -0.05) is 88.4 Å². The van der Waals surface area contributed by atoms with E-state index in [4.69, 9.17) is 14.1 Å². The number of aliphatic hydroxyl groups excluding tert-OH is 1. The Bertz CT molecular complexity index is 2010. The number of aliphatic hydroxyl groups is 1. The van der Waals surface area contributed by atoms with Crippen molar-refractivity contribution in [1.82, 2.24) is 15.2 Å². The van der Waals surface area contributed by atoms with Crippen LogP contribution >= 0.6 is 0 Å². The molecule has 10 heteroatoms. The Hall–Kier alpha value is -4.96. The van der Waals surface area contributed by atoms with Crippen LogP contribution in [0.3, 0.4) is 0 Å². The van der Waals surface area contributed by atoms with E-state index < -0.39 is 29.7 Å². The molecule has 4 bridgehead atoms. The molecule has 0 radical (unpaired) electrons. The van der Waals surface area contributed by atoms with E-state index in [-0.39, 0.29) is 59.9 Å². The van der Waals surface area contributed by atoms with E-state index in [1.807, 2.05) is 79.4 Å². The van der Waals surface area contributed by atoms with Crippen LogP contribution in [0, 0.1) is 17.8 Å². The number of ketones is 1. The van der Waals surface area contributed by atoms with Gasteiger partial charge in [0.15, 0.2) is 23.5 Å². The van der Waals surface area contributed by atoms with Gasteiger partial charge in [-0.2, -0.15) is 0 Å². The Balaban J connectivity index is 1.33. The van der Waals surface area contributed by atoms with E-state index >= 15 is 4.79 Å². The monoisotopic (exact) mass is 688 g/mol. The Kier molecular flexibility index (Phi) is 8.25. The number of amides is 2. The van der Waals surface area contributed by atoms with Crippen LogP contribution in [-0.4, -0.2) is 51.5 Å². The second-order valence-electron chi connectivity index (χ2n) is 15.1. The fourth-order valence-electron chi connectivity index (χ4n) is 8.47. The first-order chi connectivity index (χ1) is 24.6. The van der Waals surface area contributed by atoms with E-state index in [0.29, 0.717) is 18.1 Å². The maximum Gasteiger partial charge on any atom is 0.276 e. The second kappa shape index (κ2) is 12.7. The molecule has 1 fully saturated rings. The molecular formula is C41H44N4O6. The summed E-state index contributed by atoms with van der Waals surface area (Å²) in [5.74, 6) is -0.932. The minimum atomic E-state index is -1.17. The zero-order valence-corrected chi connectivity index (χ0v) is 29.4. The molecule has 3 N–H and O–H groups in total. The Morgan fingerprint density at radius 1 is 1.00 bits per heavy atom. The Morgan fingerprint density at radius 3 is 2.53 bits per heavy atom. The summed E-state index contributed by atoms with van der Waals surface area (Å²) in [6, 6.07) is 23.0. The van der Waals surface area contributed by atoms with Crippen LogP contribution < -0.4 is 15.4 Å². The summed E-state index contributed by atoms with van der Waals surface area (Å²) >= 11 is 0. The zero-order valence-electron chi connectivity index (χ0n) is 29.4. The molecule has 10 nitrogen and oxygen atoms in total. The Morgan fingerprint density at radius 2 is 1.76 bits per heavy atom. The van der Waals surface area contributed by atoms with Crippen molar-refractivity contribution in [3.8, 4) is 5.75 Å². The molecule has 3 aromatic carbocycles. The molecule has 6 atom stereocenters. The van der Waals surface area contributed by atoms with Crippen molar-refractivity contribution >= 4 is 23.3 Å². The number of benzene rings is 3. The van der Waals surface area contributed by atoms with E-state index in [1.165, 1.54) is 0 Å². The quantitative estimate of drug-likeness (QED) is 0.213. The van der Waals surface area contributed by atoms with Crippen LogP contribution in [0.4, 0.5) is 5.69 Å². The highest BCUT2D eigenvalue weighted by Gasteiger charge is 2.61. The number of nitrogens with zero attached hydrogens (tertiary/aromatic N) is 2. The molecule has 5 heterocycles. The number of hydrogen-bond acceptors (Lipinski definition) is 8. The molecule has 1 spiro atoms. The van der Waals surface area contributed by atoms with Gasteiger partial charge in [-0.3, -0.25) is 14.4 Å². The lowest BCUT2D eigenvalue weighted by Gasteiger charge is -2.30. The number of carbonyl (C=O) groups excluding carboxylic acids is 3. The third-order valence-corrected chi connectivity index (χ3v) is 11.1. The topological polar surface area (TPSA) is 134 Å². The molecule has 0 aliphatic carbocycles. The molecule has 4 aliphatic heterocycles. The standard InChI is InChI=1S/C41H44N4O6/c1-22(2)33-38-44-34(39(49)45-18-10-15-30(45)25-11-6-5-7-12-25)36(51-38)41-27-13-8-9-14-29(27)42-40(41)50-32-17-16-24(20-28(32)41)19-26(37(48)43-33)21-31(46)35(47)23(3)4/h5-9,11-14,16-17,20,22-23,26,30,33,35,40,42,47H,10,15,18-19,21H2,1-4H3,(H,43,48)/t26?,30?,33-,35-,40-,41?/m0/s1. The van der Waals surface area contributed by atoms with Crippen molar-refractivity contribution in [3.63, 3.8) is 0 Å². The summed E-state index contributed by atoms with van der Waals surface area (Å²) in [5, 5.41) is 17.4. The number of aromatic nitrogens is 1. The number of carbonyl (C=O) groups is 3. The normalized spacial score (nSPS) is 25.3. The van der Waals surface area contributed by atoms with Crippen LogP contribution in [0.2, 0.25) is 0 Å². The van der Waals surface area contributed by atoms with Gasteiger partial charge < -0.3 is 29.8 Å². The number of ether oxygens (including phenoxy) is 1. The number of hydrogen-bond donors (Lipinski definition) is 3. The van der Waals surface area contributed by atoms with Gasteiger partial charge in [-0.25, -0.2) is 4.98 Å². The van der Waals surface area contributed by atoms with E-state index in [9.17, 15) is 14.7 Å². The van der Waals surface area contributed by atoms with Gasteiger partial charge in [0.05, 0.1) is 6.04 Å². The molecule has 3 unspecified atom stereocenters. The summed E-state index contributed by atoms with van der Waals surface area (Å²) in [4.78, 5) is 49.4. The van der Waals surface area contributed by atoms with Gasteiger partial charge in [-0.05, 0) is 59.9 Å². The van der Waals surface area contributed by atoms with Crippen molar-refractivity contribution in [3.05, 3.63) is 112 Å². The molecule has 4 aromatic rings. The van der Waals surface area contributed by atoms with E-state index in [2.05, 4.69) is 22.8 Å². The number of rotatable bonds is 7. The lowest BCUT2D eigenvalue weighted by atomic mass is 9.72. The third-order valence-electron chi connectivity index (χ3n) is 11.1. The summed E-state index contributed by atoms with van der Waals surface area (Å²) < 4.78 is 13.6. The van der Waals surface area contributed by atoms with Gasteiger partial charge in [0, 0.05) is 30.1 Å². The van der Waals surface area contributed by atoms with Gasteiger partial charge >= 0.3 is 0 Å². The van der Waals surface area contributed by atoms with Crippen molar-refractivity contribution in [2.45, 2.75) is 83.2 Å². The average Bonchev–Trinajstić information content (AvgIpc) is 3.91. The molecule has 0 saturated carbocycles. The highest BCUT2D eigenvalue weighted by atomic mass is 16.5. The smallest absolute Gasteiger partial charge is 0.276 e. The number of para-hydroxylation sites is 1. The maximum atomic E-state index is 15.0. The van der Waals surface area contributed by atoms with Crippen molar-refractivity contribution in [1.29, 1.82) is 0 Å². The summed E-state index contributed by atoms with van der Waals surface area (Å²) in [7, 11) is 0. The molecule has 8 rings (SSSR count). The van der Waals surface area contributed by atoms with Crippen molar-refractivity contribution in [2.24, 2.45) is 17.8 Å². The fourth-order valence-corrected chi connectivity index (χ4v) is 8.47. The van der Waals surface area contributed by atoms with Crippen molar-refractivity contribution in [2.75, 3.05) is 11.9 Å². The van der Waals surface area contributed by atoms with Crippen LogP contribution in [-0.2, 0) is 21.4 Å². The minimum absolute atomic E-state index is 0.116. The number of nitrogens with one attached hydrogen (secondary N) is 2. The fraction of sp³-hybridized carbons (Fsp3) is 0.415. The number of Topliss-reactive ketones (excluding diaryl/α,β-unsaturated/α-hetero) is 1. The SMILES string of the molecule is CC(C)[C@H](O)C(=O)CC1Cc2ccc3c(c2)C2(c4ccccc4N[C@H]2O3)c2oc(nc2C(=O)N2CCCC2c2ccccc2)[C@H](C(C)C)NC1=O. The van der Waals surface area contributed by atoms with E-state index in [1.54, 1.807) is 13.8 Å².